The minimum atomic E-state index is -0.475. The number of alkyl halides is 1. The van der Waals surface area contributed by atoms with Crippen molar-refractivity contribution in [2.45, 2.75) is 94.6 Å². The Morgan fingerprint density at radius 3 is 2.64 bits per heavy atom. The van der Waals surface area contributed by atoms with E-state index in [-0.39, 0.29) is 36.4 Å². The lowest BCUT2D eigenvalue weighted by atomic mass is 9.84. The van der Waals surface area contributed by atoms with Crippen LogP contribution in [0.3, 0.4) is 0 Å². The van der Waals surface area contributed by atoms with E-state index in [0.717, 1.165) is 43.2 Å². The van der Waals surface area contributed by atoms with Crippen LogP contribution >= 0.6 is 11.6 Å². The fourth-order valence-corrected chi connectivity index (χ4v) is 5.11. The Morgan fingerprint density at radius 2 is 1.94 bits per heavy atom. The number of carbonyl (C=O) groups excluding carboxylic acids is 1. The van der Waals surface area contributed by atoms with Gasteiger partial charge in [0, 0.05) is 17.7 Å². The van der Waals surface area contributed by atoms with E-state index in [4.69, 9.17) is 21.4 Å². The molecular weight excluding hydrogens is 440 g/mol. The zero-order chi connectivity index (χ0) is 24.1. The molecule has 0 aliphatic heterocycles. The maximum Gasteiger partial charge on any atom is 0.305 e. The third-order valence-electron chi connectivity index (χ3n) is 6.53. The van der Waals surface area contributed by atoms with Gasteiger partial charge in [-0.25, -0.2) is 0 Å². The van der Waals surface area contributed by atoms with E-state index >= 15 is 0 Å². The summed E-state index contributed by atoms with van der Waals surface area (Å²) in [6.45, 7) is 2.08. The smallest absolute Gasteiger partial charge is 0.305 e. The summed E-state index contributed by atoms with van der Waals surface area (Å²) >= 11 is 6.60. The van der Waals surface area contributed by atoms with E-state index in [0.29, 0.717) is 19.3 Å². The third-order valence-corrected chi connectivity index (χ3v) is 7.03. The summed E-state index contributed by atoms with van der Waals surface area (Å²) in [5, 5.41) is 29.7. The molecule has 186 valence electrons. The number of ether oxygens (including phenoxy) is 1. The van der Waals surface area contributed by atoms with Crippen molar-refractivity contribution in [1.82, 2.24) is 0 Å². The Morgan fingerprint density at radius 1 is 1.18 bits per heavy atom. The van der Waals surface area contributed by atoms with Crippen molar-refractivity contribution in [1.29, 1.82) is 0 Å². The van der Waals surface area contributed by atoms with E-state index < -0.39 is 12.2 Å². The lowest BCUT2D eigenvalue weighted by Crippen LogP contribution is -2.18. The summed E-state index contributed by atoms with van der Waals surface area (Å²) in [6, 6.07) is 8.03. The van der Waals surface area contributed by atoms with Gasteiger partial charge in [-0.15, -0.1) is 11.6 Å². The molecule has 1 aliphatic carbocycles. The van der Waals surface area contributed by atoms with Crippen molar-refractivity contribution < 1.29 is 24.9 Å². The first-order chi connectivity index (χ1) is 16.0. The van der Waals surface area contributed by atoms with Crippen LogP contribution in [0.2, 0.25) is 0 Å². The molecule has 0 aromatic heterocycles. The summed E-state index contributed by atoms with van der Waals surface area (Å²) in [5.41, 5.74) is 2.00. The van der Waals surface area contributed by atoms with Crippen LogP contribution in [0, 0.1) is 5.92 Å². The van der Waals surface area contributed by atoms with Crippen LogP contribution in [-0.4, -0.2) is 46.0 Å². The average molecular weight is 481 g/mol. The van der Waals surface area contributed by atoms with Gasteiger partial charge in [-0.3, -0.25) is 4.79 Å². The molecule has 1 fully saturated rings. The van der Waals surface area contributed by atoms with Crippen molar-refractivity contribution in [3.8, 4) is 0 Å². The molecule has 6 heteroatoms. The van der Waals surface area contributed by atoms with Crippen molar-refractivity contribution in [3.63, 3.8) is 0 Å². The highest BCUT2D eigenvalue weighted by molar-refractivity contribution is 6.21. The number of hydrogen-bond donors (Lipinski definition) is 3. The van der Waals surface area contributed by atoms with Crippen LogP contribution in [0.4, 0.5) is 0 Å². The molecule has 1 aliphatic rings. The molecule has 1 aromatic carbocycles. The summed E-state index contributed by atoms with van der Waals surface area (Å²) < 4.78 is 4.85. The van der Waals surface area contributed by atoms with Crippen molar-refractivity contribution in [2.75, 3.05) is 13.2 Å². The van der Waals surface area contributed by atoms with Gasteiger partial charge in [-0.1, -0.05) is 69.0 Å². The third kappa shape index (κ3) is 9.40. The lowest BCUT2D eigenvalue weighted by Gasteiger charge is -2.23. The number of unbranched alkanes of at least 4 members (excludes halogenated alkanes) is 4. The summed E-state index contributed by atoms with van der Waals surface area (Å²) in [5.74, 6) is -0.176. The summed E-state index contributed by atoms with van der Waals surface area (Å²) in [4.78, 5) is 11.4. The van der Waals surface area contributed by atoms with Gasteiger partial charge in [0.2, 0.25) is 0 Å². The number of hydrogen-bond acceptors (Lipinski definition) is 5. The predicted octanol–water partition coefficient (Wildman–Crippen LogP) is 5.41. The molecule has 0 bridgehead atoms. The molecular formula is C27H41ClO5. The highest BCUT2D eigenvalue weighted by Crippen LogP contribution is 2.45. The lowest BCUT2D eigenvalue weighted by molar-refractivity contribution is -0.144. The van der Waals surface area contributed by atoms with E-state index in [2.05, 4.69) is 19.1 Å². The average Bonchev–Trinajstić information content (AvgIpc) is 3.10. The zero-order valence-corrected chi connectivity index (χ0v) is 20.6. The number of halogens is 1. The van der Waals surface area contributed by atoms with E-state index in [1.54, 1.807) is 0 Å². The normalized spacial score (nSPS) is 23.8. The largest absolute Gasteiger partial charge is 0.463 e. The first-order valence-electron chi connectivity index (χ1n) is 12.5. The summed E-state index contributed by atoms with van der Waals surface area (Å²) in [6.07, 6.45) is 11.7. The number of esters is 1. The minimum absolute atomic E-state index is 0.0265. The van der Waals surface area contributed by atoms with Gasteiger partial charge < -0.3 is 20.1 Å². The molecule has 3 N–H and O–H groups in total. The summed E-state index contributed by atoms with van der Waals surface area (Å²) in [7, 11) is 0. The maximum absolute atomic E-state index is 11.4. The Hall–Kier alpha value is -1.40. The van der Waals surface area contributed by atoms with Crippen LogP contribution in [0.5, 0.6) is 0 Å². The van der Waals surface area contributed by atoms with Gasteiger partial charge in [0.1, 0.15) is 6.61 Å². The maximum atomic E-state index is 11.4. The van der Waals surface area contributed by atoms with Gasteiger partial charge in [0.25, 0.3) is 0 Å². The molecule has 1 unspecified atom stereocenters. The molecule has 5 nitrogen and oxygen atoms in total. The first kappa shape index (κ1) is 27.8. The van der Waals surface area contributed by atoms with Crippen molar-refractivity contribution >= 4 is 17.6 Å². The number of aliphatic hydroxyl groups excluding tert-OH is 3. The SMILES string of the molecule is CCCCCCC(O)c1ccc([C@@H]2[C@@H](CC=CCCCC(=O)OCCO)[C@H](Cl)C[C@H]2O)cc1. The van der Waals surface area contributed by atoms with Crippen molar-refractivity contribution in [3.05, 3.63) is 47.5 Å². The van der Waals surface area contributed by atoms with Crippen LogP contribution in [0.15, 0.2) is 36.4 Å². The van der Waals surface area contributed by atoms with Crippen LogP contribution < -0.4 is 0 Å². The highest BCUT2D eigenvalue weighted by Gasteiger charge is 2.41. The molecule has 0 heterocycles. The molecule has 1 aromatic rings. The van der Waals surface area contributed by atoms with Gasteiger partial charge >= 0.3 is 5.97 Å². The number of benzene rings is 1. The van der Waals surface area contributed by atoms with Gasteiger partial charge in [0.05, 0.1) is 18.8 Å². The second kappa shape index (κ2) is 15.5. The van der Waals surface area contributed by atoms with Crippen LogP contribution in [-0.2, 0) is 9.53 Å². The molecule has 0 saturated heterocycles. The Bertz CT molecular complexity index is 705. The van der Waals surface area contributed by atoms with E-state index in [1.165, 1.54) is 12.8 Å². The predicted molar refractivity (Wildman–Crippen MR) is 132 cm³/mol. The minimum Gasteiger partial charge on any atom is -0.463 e. The Kier molecular flexibility index (Phi) is 13.1. The molecule has 33 heavy (non-hydrogen) atoms. The molecule has 2 rings (SSSR count). The number of aliphatic hydroxyl groups is 3. The Balaban J connectivity index is 1.86. The van der Waals surface area contributed by atoms with Crippen LogP contribution in [0.25, 0.3) is 0 Å². The van der Waals surface area contributed by atoms with Gasteiger partial charge in [0.15, 0.2) is 0 Å². The fraction of sp³-hybridized carbons (Fsp3) is 0.667. The molecule has 5 atom stereocenters. The monoisotopic (exact) mass is 480 g/mol. The molecule has 0 radical (unpaired) electrons. The topological polar surface area (TPSA) is 87.0 Å². The van der Waals surface area contributed by atoms with Gasteiger partial charge in [-0.05, 0) is 49.1 Å². The van der Waals surface area contributed by atoms with E-state index in [9.17, 15) is 15.0 Å². The number of allylic oxidation sites excluding steroid dienone is 2. The van der Waals surface area contributed by atoms with Crippen molar-refractivity contribution in [2.24, 2.45) is 5.92 Å². The zero-order valence-electron chi connectivity index (χ0n) is 19.9. The number of carbonyl (C=O) groups is 1. The molecule has 0 amide bonds. The number of rotatable bonds is 15. The van der Waals surface area contributed by atoms with E-state index in [1.807, 2.05) is 24.3 Å². The molecule has 0 spiro atoms. The first-order valence-corrected chi connectivity index (χ1v) is 12.9. The molecule has 1 saturated carbocycles. The fourth-order valence-electron chi connectivity index (χ4n) is 4.66. The van der Waals surface area contributed by atoms with Crippen LogP contribution in [0.1, 0.15) is 94.3 Å². The highest BCUT2D eigenvalue weighted by atomic mass is 35.5. The second-order valence-corrected chi connectivity index (χ2v) is 9.64. The van der Waals surface area contributed by atoms with Gasteiger partial charge in [-0.2, -0.15) is 0 Å². The quantitative estimate of drug-likeness (QED) is 0.135. The second-order valence-electron chi connectivity index (χ2n) is 9.08. The standard InChI is InChI=1S/C27H41ClO5/c1-2-3-4-8-11-24(30)20-13-15-21(16-14-20)27-22(23(28)19-25(27)31)10-7-5-6-9-12-26(32)33-18-17-29/h5,7,13-16,22-25,27,29-31H,2-4,6,8-12,17-19H2,1H3/t22-,23+,24?,25+,27+/m0/s1. The Labute approximate surface area is 203 Å².